The molecule has 0 atom stereocenters. The molecule has 0 saturated heterocycles. The van der Waals surface area contributed by atoms with E-state index in [9.17, 15) is 0 Å². The van der Waals surface area contributed by atoms with Crippen LogP contribution in [0.5, 0.6) is 23.0 Å². The zero-order valence-electron chi connectivity index (χ0n) is 38.3. The maximum atomic E-state index is 6.94. The molecule has 8 bridgehead atoms. The lowest BCUT2D eigenvalue weighted by Crippen LogP contribution is -2.13. The fourth-order valence-corrected chi connectivity index (χ4v) is 12.2. The Kier molecular flexibility index (Phi) is 16.9. The molecule has 0 amide bonds. The number of halogens is 2. The second-order valence-electron chi connectivity index (χ2n) is 19.5. The van der Waals surface area contributed by atoms with Crippen molar-refractivity contribution in [2.45, 2.75) is 170 Å². The average Bonchev–Trinajstić information content (AvgIpc) is 3.14. The summed E-state index contributed by atoms with van der Waals surface area (Å²) < 4.78 is 26.9. The minimum Gasteiger partial charge on any atom is -0.494 e. The normalized spacial score (nSPS) is 13.6. The van der Waals surface area contributed by atoms with E-state index in [-0.39, 0.29) is 21.7 Å². The van der Waals surface area contributed by atoms with Crippen LogP contribution in [0.1, 0.15) is 131 Å². The quantitative estimate of drug-likeness (QED) is 0.0904. The van der Waals surface area contributed by atoms with E-state index < -0.39 is 0 Å². The Morgan fingerprint density at radius 1 is 0.367 bits per heavy atom. The van der Waals surface area contributed by atoms with Gasteiger partial charge in [-0.3, -0.25) is 0 Å². The summed E-state index contributed by atoms with van der Waals surface area (Å²) >= 11 is 14.3. The van der Waals surface area contributed by atoms with E-state index in [2.05, 4.69) is 163 Å². The Balaban J connectivity index is 1.96. The number of methoxy groups -OCH3 is 2. The highest BCUT2D eigenvalue weighted by molar-refractivity contribution is 9.09. The number of hydrogen-bond donors (Lipinski definition) is 0. The van der Waals surface area contributed by atoms with Crippen molar-refractivity contribution in [2.24, 2.45) is 0 Å². The highest BCUT2D eigenvalue weighted by Crippen LogP contribution is 2.56. The third kappa shape index (κ3) is 12.4. The largest absolute Gasteiger partial charge is 0.494 e. The second kappa shape index (κ2) is 20.5. The molecule has 0 fully saturated rings. The van der Waals surface area contributed by atoms with Crippen LogP contribution in [0.3, 0.4) is 0 Å². The summed E-state index contributed by atoms with van der Waals surface area (Å²) in [6.45, 7) is 28.7. The van der Waals surface area contributed by atoms with Crippen LogP contribution < -0.4 is 18.9 Å². The molecule has 5 rings (SSSR count). The van der Waals surface area contributed by atoms with Gasteiger partial charge in [0.15, 0.2) is 0 Å². The zero-order valence-corrected chi connectivity index (χ0v) is 44.7. The summed E-state index contributed by atoms with van der Waals surface area (Å²) in [5.74, 6) is 3.50. The van der Waals surface area contributed by atoms with Crippen LogP contribution >= 0.6 is 78.9 Å². The third-order valence-electron chi connectivity index (χ3n) is 10.4. The van der Waals surface area contributed by atoms with Gasteiger partial charge in [-0.15, -0.1) is 0 Å². The van der Waals surface area contributed by atoms with Crippen molar-refractivity contribution in [1.29, 1.82) is 0 Å². The monoisotopic (exact) mass is 1020 g/mol. The van der Waals surface area contributed by atoms with Gasteiger partial charge in [0, 0.05) is 10.7 Å². The number of rotatable bonds is 12. The molecule has 4 aromatic rings. The first kappa shape index (κ1) is 49.5. The lowest BCUT2D eigenvalue weighted by atomic mass is 9.87. The first-order valence-corrected chi connectivity index (χ1v) is 26.5. The fraction of sp³-hybridized carbons (Fsp3) is 0.520. The number of hydrogen-bond acceptors (Lipinski definition) is 8. The molecular weight excluding hydrogens is 953 g/mol. The Bertz CT molecular complexity index is 1880. The van der Waals surface area contributed by atoms with Crippen LogP contribution in [0.2, 0.25) is 0 Å². The smallest absolute Gasteiger partial charge is 0.147 e. The van der Waals surface area contributed by atoms with Gasteiger partial charge in [-0.05, 0) is 118 Å². The topological polar surface area (TPSA) is 36.9 Å². The van der Waals surface area contributed by atoms with Crippen molar-refractivity contribution in [2.75, 3.05) is 38.1 Å². The summed E-state index contributed by atoms with van der Waals surface area (Å²) in [4.78, 5) is 8.53. The SMILES string of the molecule is COc1c2cc(C(C)(C)C)cc1Sc1cc(C(C)(C)C)cc(c1OCCCCBr)Sc1cc(C(C)(C)C)cc(c1OC)Sc1cc(C(C)(C)C)cc(c1OCCCCBr)S2. The summed E-state index contributed by atoms with van der Waals surface area (Å²) in [6, 6.07) is 18.7. The van der Waals surface area contributed by atoms with E-state index in [0.717, 1.165) is 98.5 Å². The summed E-state index contributed by atoms with van der Waals surface area (Å²) in [5, 5.41) is 1.89. The summed E-state index contributed by atoms with van der Waals surface area (Å²) in [7, 11) is 3.61. The molecule has 0 spiro atoms. The first-order chi connectivity index (χ1) is 28.1. The van der Waals surface area contributed by atoms with E-state index in [4.69, 9.17) is 18.9 Å². The molecule has 0 unspecified atom stereocenters. The lowest BCUT2D eigenvalue weighted by molar-refractivity contribution is 0.295. The second-order valence-corrected chi connectivity index (χ2v) is 25.4. The summed E-state index contributed by atoms with van der Waals surface area (Å²) in [6.07, 6.45) is 3.97. The van der Waals surface area contributed by atoms with Crippen molar-refractivity contribution in [3.8, 4) is 23.0 Å². The molecule has 60 heavy (non-hydrogen) atoms. The molecule has 0 saturated carbocycles. The molecule has 1 aliphatic heterocycles. The van der Waals surface area contributed by atoms with Crippen molar-refractivity contribution in [3.63, 3.8) is 0 Å². The number of fused-ring (bicyclic) bond motifs is 8. The number of benzene rings is 4. The van der Waals surface area contributed by atoms with Crippen molar-refractivity contribution >= 4 is 78.9 Å². The standard InChI is InChI=1S/C50H66Br2O4S4/c1-47(2,3)31-23-35-43(53-13)36(24-31)58-40-28-34(50(10,11)12)30-42(46(40)56-22-18-16-20-52)60-38-26-32(48(4,5)6)25-37(44(38)54-14)59-41-29-33(49(7,8)9)27-39(57-35)45(41)55-21-17-15-19-51/h23-30H,15-22H2,1-14H3. The number of ether oxygens (including phenoxy) is 4. The van der Waals surface area contributed by atoms with Crippen LogP contribution in [-0.4, -0.2) is 38.1 Å². The molecular formula is C50H66Br2O4S4. The van der Waals surface area contributed by atoms with Gasteiger partial charge in [-0.1, -0.05) is 162 Å². The molecule has 4 nitrogen and oxygen atoms in total. The molecule has 1 aliphatic rings. The maximum absolute atomic E-state index is 6.94. The van der Waals surface area contributed by atoms with Gasteiger partial charge in [0.2, 0.25) is 0 Å². The molecule has 0 radical (unpaired) electrons. The predicted molar refractivity (Wildman–Crippen MR) is 267 cm³/mol. The molecule has 1 heterocycles. The Labute approximate surface area is 396 Å². The van der Waals surface area contributed by atoms with Crippen LogP contribution in [0.25, 0.3) is 0 Å². The highest BCUT2D eigenvalue weighted by Gasteiger charge is 2.30. The van der Waals surface area contributed by atoms with Crippen molar-refractivity contribution in [1.82, 2.24) is 0 Å². The predicted octanol–water partition coefficient (Wildman–Crippen LogP) is 16.9. The minimum absolute atomic E-state index is 0.116. The fourth-order valence-electron chi connectivity index (χ4n) is 6.55. The molecule has 0 N–H and O–H groups in total. The van der Waals surface area contributed by atoms with Crippen LogP contribution in [0, 0.1) is 0 Å². The Hall–Kier alpha value is -1.56. The Morgan fingerprint density at radius 2 is 0.583 bits per heavy atom. The minimum atomic E-state index is -0.117. The number of unbranched alkanes of at least 4 members (excludes halogenated alkanes) is 2. The van der Waals surface area contributed by atoms with Crippen molar-refractivity contribution in [3.05, 3.63) is 70.8 Å². The van der Waals surface area contributed by atoms with Gasteiger partial charge < -0.3 is 18.9 Å². The van der Waals surface area contributed by atoms with Crippen LogP contribution in [0.4, 0.5) is 0 Å². The third-order valence-corrected chi connectivity index (χ3v) is 15.7. The molecule has 10 heteroatoms. The maximum Gasteiger partial charge on any atom is 0.147 e. The van der Waals surface area contributed by atoms with Crippen LogP contribution in [-0.2, 0) is 21.7 Å². The van der Waals surface area contributed by atoms with Gasteiger partial charge in [0.25, 0.3) is 0 Å². The molecule has 0 aromatic heterocycles. The summed E-state index contributed by atoms with van der Waals surface area (Å²) in [5.41, 5.74) is 4.51. The van der Waals surface area contributed by atoms with Gasteiger partial charge in [-0.25, -0.2) is 0 Å². The zero-order chi connectivity index (χ0) is 44.2. The van der Waals surface area contributed by atoms with Crippen molar-refractivity contribution < 1.29 is 18.9 Å². The van der Waals surface area contributed by atoms with E-state index in [1.165, 1.54) is 22.3 Å². The molecule has 0 aliphatic carbocycles. The molecule has 4 aromatic carbocycles. The Morgan fingerprint density at radius 3 is 0.767 bits per heavy atom. The van der Waals surface area contributed by atoms with E-state index >= 15 is 0 Å². The molecule has 328 valence electrons. The first-order valence-electron chi connectivity index (χ1n) is 21.0. The van der Waals surface area contributed by atoms with Gasteiger partial charge >= 0.3 is 0 Å². The van der Waals surface area contributed by atoms with Crippen LogP contribution in [0.15, 0.2) is 87.7 Å². The van der Waals surface area contributed by atoms with E-state index in [0.29, 0.717) is 13.2 Å². The van der Waals surface area contributed by atoms with Gasteiger partial charge in [0.05, 0.1) is 66.6 Å². The number of alkyl halides is 2. The van der Waals surface area contributed by atoms with Gasteiger partial charge in [-0.2, -0.15) is 0 Å². The lowest BCUT2D eigenvalue weighted by Gasteiger charge is -2.28. The van der Waals surface area contributed by atoms with E-state index in [1.54, 1.807) is 61.3 Å². The van der Waals surface area contributed by atoms with Gasteiger partial charge in [0.1, 0.15) is 23.0 Å². The highest BCUT2D eigenvalue weighted by atomic mass is 79.9. The average molecular weight is 1020 g/mol. The van der Waals surface area contributed by atoms with E-state index in [1.807, 2.05) is 0 Å².